The van der Waals surface area contributed by atoms with E-state index in [4.69, 9.17) is 17.3 Å². The third-order valence-electron chi connectivity index (χ3n) is 2.34. The molecule has 0 aliphatic heterocycles. The predicted molar refractivity (Wildman–Crippen MR) is 75.8 cm³/mol. The lowest BCUT2D eigenvalue weighted by Crippen LogP contribution is -2.00. The van der Waals surface area contributed by atoms with Gasteiger partial charge in [-0.2, -0.15) is 0 Å². The van der Waals surface area contributed by atoms with Gasteiger partial charge >= 0.3 is 0 Å². The molecule has 2 rings (SSSR count). The van der Waals surface area contributed by atoms with Gasteiger partial charge in [-0.25, -0.2) is 4.98 Å². The summed E-state index contributed by atoms with van der Waals surface area (Å²) >= 11 is 9.23. The molecule has 2 aromatic rings. The summed E-state index contributed by atoms with van der Waals surface area (Å²) in [5, 5.41) is 3.71. The Balaban J connectivity index is 2.34. The van der Waals surface area contributed by atoms with Crippen molar-refractivity contribution in [3.05, 3.63) is 45.5 Å². The van der Waals surface area contributed by atoms with E-state index in [1.807, 2.05) is 25.1 Å². The van der Waals surface area contributed by atoms with Crippen molar-refractivity contribution in [2.75, 3.05) is 11.1 Å². The molecule has 0 radical (unpaired) electrons. The van der Waals surface area contributed by atoms with Crippen molar-refractivity contribution in [1.82, 2.24) is 4.98 Å². The zero-order valence-electron chi connectivity index (χ0n) is 9.17. The second-order valence-corrected chi connectivity index (χ2v) is 5.03. The van der Waals surface area contributed by atoms with Gasteiger partial charge in [-0.3, -0.25) is 0 Å². The molecule has 3 nitrogen and oxygen atoms in total. The minimum absolute atomic E-state index is 0.525. The third-order valence-corrected chi connectivity index (χ3v) is 3.04. The Hall–Kier alpha value is -1.26. The molecule has 0 saturated carbocycles. The smallest absolute Gasteiger partial charge is 0.153 e. The van der Waals surface area contributed by atoms with E-state index in [-0.39, 0.29) is 0 Å². The monoisotopic (exact) mass is 311 g/mol. The average Bonchev–Trinajstić information content (AvgIpc) is 2.27. The molecule has 17 heavy (non-hydrogen) atoms. The summed E-state index contributed by atoms with van der Waals surface area (Å²) in [6, 6.07) is 7.65. The molecule has 0 bridgehead atoms. The van der Waals surface area contributed by atoms with Crippen LogP contribution < -0.4 is 11.1 Å². The second kappa shape index (κ2) is 4.94. The summed E-state index contributed by atoms with van der Waals surface area (Å²) in [4.78, 5) is 4.16. The van der Waals surface area contributed by atoms with E-state index in [1.165, 1.54) is 0 Å². The zero-order chi connectivity index (χ0) is 12.4. The molecule has 88 valence electrons. The molecule has 0 atom stereocenters. The predicted octanol–water partition coefficient (Wildman–Crippen LogP) is 4.13. The molecule has 0 fully saturated rings. The maximum absolute atomic E-state index is 5.84. The van der Waals surface area contributed by atoms with Gasteiger partial charge in [-0.1, -0.05) is 33.6 Å². The van der Waals surface area contributed by atoms with Crippen LogP contribution in [0.4, 0.5) is 17.2 Å². The molecule has 1 aromatic carbocycles. The molecule has 0 aliphatic rings. The van der Waals surface area contributed by atoms with Gasteiger partial charge in [0.25, 0.3) is 0 Å². The summed E-state index contributed by atoms with van der Waals surface area (Å²) in [5.74, 6) is 0.607. The second-order valence-electron chi connectivity index (χ2n) is 3.68. The molecule has 0 spiro atoms. The SMILES string of the molecule is Cc1ccc(Br)cc1Nc1ncc(Cl)cc1N. The van der Waals surface area contributed by atoms with Gasteiger partial charge in [0.05, 0.1) is 10.7 Å². The van der Waals surface area contributed by atoms with Gasteiger partial charge in [0, 0.05) is 16.4 Å². The fourth-order valence-electron chi connectivity index (χ4n) is 1.42. The van der Waals surface area contributed by atoms with Crippen LogP contribution in [0.3, 0.4) is 0 Å². The first kappa shape index (κ1) is 12.2. The number of pyridine rings is 1. The number of aryl methyl sites for hydroxylation is 1. The van der Waals surface area contributed by atoms with Crippen molar-refractivity contribution in [2.45, 2.75) is 6.92 Å². The van der Waals surface area contributed by atoms with Crippen molar-refractivity contribution in [3.8, 4) is 0 Å². The first-order chi connectivity index (χ1) is 8.06. The van der Waals surface area contributed by atoms with Crippen LogP contribution in [0.2, 0.25) is 5.02 Å². The van der Waals surface area contributed by atoms with Crippen LogP contribution in [0.5, 0.6) is 0 Å². The highest BCUT2D eigenvalue weighted by atomic mass is 79.9. The number of anilines is 3. The lowest BCUT2D eigenvalue weighted by atomic mass is 10.2. The maximum atomic E-state index is 5.84. The highest BCUT2D eigenvalue weighted by Crippen LogP contribution is 2.27. The van der Waals surface area contributed by atoms with E-state index in [0.29, 0.717) is 16.5 Å². The minimum atomic E-state index is 0.525. The molecule has 3 N–H and O–H groups in total. The Morgan fingerprint density at radius 1 is 1.35 bits per heavy atom. The lowest BCUT2D eigenvalue weighted by Gasteiger charge is -2.11. The largest absolute Gasteiger partial charge is 0.396 e. The van der Waals surface area contributed by atoms with Crippen molar-refractivity contribution < 1.29 is 0 Å². The average molecular weight is 313 g/mol. The number of rotatable bonds is 2. The van der Waals surface area contributed by atoms with Crippen LogP contribution in [0.15, 0.2) is 34.9 Å². The van der Waals surface area contributed by atoms with Crippen molar-refractivity contribution >= 4 is 44.7 Å². The highest BCUT2D eigenvalue weighted by molar-refractivity contribution is 9.10. The van der Waals surface area contributed by atoms with Gasteiger partial charge in [-0.15, -0.1) is 0 Å². The lowest BCUT2D eigenvalue weighted by molar-refractivity contribution is 1.30. The number of nitrogens with one attached hydrogen (secondary N) is 1. The summed E-state index contributed by atoms with van der Waals surface area (Å²) in [6.45, 7) is 2.01. The van der Waals surface area contributed by atoms with Crippen LogP contribution in [0.25, 0.3) is 0 Å². The van der Waals surface area contributed by atoms with Crippen molar-refractivity contribution in [1.29, 1.82) is 0 Å². The Bertz CT molecular complexity index is 557. The number of hydrogen-bond acceptors (Lipinski definition) is 3. The number of nitrogen functional groups attached to an aromatic ring is 1. The van der Waals surface area contributed by atoms with Gasteiger partial charge < -0.3 is 11.1 Å². The van der Waals surface area contributed by atoms with Gasteiger partial charge in [-0.05, 0) is 30.7 Å². The zero-order valence-corrected chi connectivity index (χ0v) is 11.5. The molecule has 1 aromatic heterocycles. The number of halogens is 2. The van der Waals surface area contributed by atoms with Crippen molar-refractivity contribution in [2.24, 2.45) is 0 Å². The standard InChI is InChI=1S/C12H11BrClN3/c1-7-2-3-8(13)4-11(7)17-12-10(15)5-9(14)6-16-12/h2-6H,15H2,1H3,(H,16,17). The van der Waals surface area contributed by atoms with E-state index >= 15 is 0 Å². The molecule has 0 unspecified atom stereocenters. The first-order valence-electron chi connectivity index (χ1n) is 5.00. The number of nitrogens with two attached hydrogens (primary N) is 1. The number of hydrogen-bond donors (Lipinski definition) is 2. The summed E-state index contributed by atoms with van der Waals surface area (Å²) < 4.78 is 0.998. The van der Waals surface area contributed by atoms with Crippen molar-refractivity contribution in [3.63, 3.8) is 0 Å². The third kappa shape index (κ3) is 2.90. The van der Waals surface area contributed by atoms with Crippen LogP contribution in [0, 0.1) is 6.92 Å². The molecule has 0 amide bonds. The topological polar surface area (TPSA) is 50.9 Å². The number of benzene rings is 1. The Kier molecular flexibility index (Phi) is 3.54. The highest BCUT2D eigenvalue weighted by Gasteiger charge is 2.04. The Morgan fingerprint density at radius 3 is 2.82 bits per heavy atom. The quantitative estimate of drug-likeness (QED) is 0.876. The van der Waals surface area contributed by atoms with E-state index in [9.17, 15) is 0 Å². The van der Waals surface area contributed by atoms with Crippen LogP contribution in [-0.2, 0) is 0 Å². The van der Waals surface area contributed by atoms with Gasteiger partial charge in [0.15, 0.2) is 5.82 Å². The summed E-state index contributed by atoms with van der Waals surface area (Å²) in [6.07, 6.45) is 1.56. The number of nitrogens with zero attached hydrogens (tertiary/aromatic N) is 1. The van der Waals surface area contributed by atoms with Crippen LogP contribution in [-0.4, -0.2) is 4.98 Å². The summed E-state index contributed by atoms with van der Waals surface area (Å²) in [5.41, 5.74) is 8.44. The molecule has 0 aliphatic carbocycles. The fraction of sp³-hybridized carbons (Fsp3) is 0.0833. The van der Waals surface area contributed by atoms with Crippen LogP contribution >= 0.6 is 27.5 Å². The molecule has 5 heteroatoms. The summed E-state index contributed by atoms with van der Waals surface area (Å²) in [7, 11) is 0. The first-order valence-corrected chi connectivity index (χ1v) is 6.17. The number of aromatic nitrogens is 1. The van der Waals surface area contributed by atoms with Gasteiger partial charge in [0.2, 0.25) is 0 Å². The Morgan fingerprint density at radius 2 is 2.12 bits per heavy atom. The fourth-order valence-corrected chi connectivity index (χ4v) is 1.94. The minimum Gasteiger partial charge on any atom is -0.396 e. The molecular weight excluding hydrogens is 302 g/mol. The molecule has 0 saturated heterocycles. The van der Waals surface area contributed by atoms with E-state index in [2.05, 4.69) is 26.2 Å². The van der Waals surface area contributed by atoms with E-state index < -0.39 is 0 Å². The maximum Gasteiger partial charge on any atom is 0.153 e. The van der Waals surface area contributed by atoms with Crippen LogP contribution in [0.1, 0.15) is 5.56 Å². The Labute approximate surface area is 113 Å². The normalized spacial score (nSPS) is 10.3. The molecule has 1 heterocycles. The van der Waals surface area contributed by atoms with E-state index in [0.717, 1.165) is 15.7 Å². The van der Waals surface area contributed by atoms with E-state index in [1.54, 1.807) is 12.3 Å². The molecular formula is C12H11BrClN3. The van der Waals surface area contributed by atoms with Gasteiger partial charge in [0.1, 0.15) is 0 Å².